The molecule has 1 aliphatic rings. The van der Waals surface area contributed by atoms with Gasteiger partial charge in [-0.2, -0.15) is 0 Å². The van der Waals surface area contributed by atoms with Crippen LogP contribution in [0.25, 0.3) is 5.76 Å². The van der Waals surface area contributed by atoms with Gasteiger partial charge in [0, 0.05) is 19.2 Å². The molecule has 3 rings (SSSR count). The largest absolute Gasteiger partial charge is 0.507 e. The number of aliphatic hydroxyl groups is 1. The van der Waals surface area contributed by atoms with Crippen LogP contribution < -0.4 is 4.74 Å². The lowest BCUT2D eigenvalue weighted by molar-refractivity contribution is -0.140. The monoisotopic (exact) mass is 451 g/mol. The number of ether oxygens (including phenoxy) is 3. The van der Waals surface area contributed by atoms with Gasteiger partial charge in [0.2, 0.25) is 0 Å². The molecule has 1 saturated heterocycles. The second-order valence-electron chi connectivity index (χ2n) is 7.22. The second kappa shape index (κ2) is 10.6. The van der Waals surface area contributed by atoms with Gasteiger partial charge in [-0.25, -0.2) is 4.79 Å². The van der Waals surface area contributed by atoms with Crippen molar-refractivity contribution in [3.05, 3.63) is 83.4 Å². The Morgan fingerprint density at radius 2 is 1.70 bits per heavy atom. The quantitative estimate of drug-likeness (QED) is 0.205. The second-order valence-corrected chi connectivity index (χ2v) is 7.22. The molecule has 2 aromatic rings. The number of aliphatic hydroxyl groups excluding tert-OH is 1. The van der Waals surface area contributed by atoms with E-state index in [1.54, 1.807) is 54.6 Å². The first-order valence-electron chi connectivity index (χ1n) is 10.2. The van der Waals surface area contributed by atoms with Gasteiger partial charge >= 0.3 is 5.97 Å². The zero-order chi connectivity index (χ0) is 24.0. The number of esters is 1. The first-order valence-corrected chi connectivity index (χ1v) is 10.2. The van der Waals surface area contributed by atoms with Crippen molar-refractivity contribution in [1.29, 1.82) is 0 Å². The number of methoxy groups -OCH3 is 2. The number of ketones is 1. The number of Topliss-reactive ketones (excluding diaryl/α,β-unsaturated/α-hetero) is 1. The van der Waals surface area contributed by atoms with Crippen LogP contribution in [-0.2, 0) is 19.1 Å². The van der Waals surface area contributed by atoms with E-state index in [9.17, 15) is 19.5 Å². The third-order valence-electron chi connectivity index (χ3n) is 5.22. The Kier molecular flexibility index (Phi) is 7.63. The summed E-state index contributed by atoms with van der Waals surface area (Å²) < 4.78 is 15.3. The molecule has 1 N–H and O–H groups in total. The van der Waals surface area contributed by atoms with E-state index in [2.05, 4.69) is 6.58 Å². The van der Waals surface area contributed by atoms with Crippen molar-refractivity contribution in [3.8, 4) is 5.75 Å². The molecule has 172 valence electrons. The highest BCUT2D eigenvalue weighted by atomic mass is 16.5. The lowest BCUT2D eigenvalue weighted by Gasteiger charge is -2.25. The summed E-state index contributed by atoms with van der Waals surface area (Å²) in [5.74, 6) is -1.76. The number of nitrogens with zero attached hydrogens (tertiary/aromatic N) is 1. The van der Waals surface area contributed by atoms with Gasteiger partial charge in [-0.15, -0.1) is 0 Å². The highest BCUT2D eigenvalue weighted by Crippen LogP contribution is 2.39. The molecule has 1 fully saturated rings. The molecule has 1 amide bonds. The maximum Gasteiger partial charge on any atom is 0.337 e. The average molecular weight is 451 g/mol. The number of benzene rings is 2. The Morgan fingerprint density at radius 1 is 1.06 bits per heavy atom. The van der Waals surface area contributed by atoms with Crippen molar-refractivity contribution in [3.63, 3.8) is 0 Å². The van der Waals surface area contributed by atoms with E-state index in [1.165, 1.54) is 19.1 Å². The Bertz CT molecular complexity index is 1070. The number of hydrogen-bond donors (Lipinski definition) is 1. The first-order chi connectivity index (χ1) is 15.9. The molecule has 33 heavy (non-hydrogen) atoms. The van der Waals surface area contributed by atoms with Gasteiger partial charge in [-0.05, 0) is 42.0 Å². The molecule has 0 aromatic heterocycles. The molecular formula is C25H25NO7. The lowest BCUT2D eigenvalue weighted by atomic mass is 9.94. The molecule has 0 radical (unpaired) electrons. The summed E-state index contributed by atoms with van der Waals surface area (Å²) in [6.07, 6.45) is 1.61. The number of hydrogen-bond acceptors (Lipinski definition) is 7. The van der Waals surface area contributed by atoms with Gasteiger partial charge in [0.25, 0.3) is 11.7 Å². The standard InChI is InChI=1S/C25H25NO7/c1-4-14-33-19-11-9-17(10-12-19)22(27)20-21(26(13-15-31-2)24(29)23(20)28)16-5-7-18(8-6-16)25(30)32-3/h4-12,21,27H,1,13-15H2,2-3H3/t21-/m0/s1. The Hall–Kier alpha value is -3.91. The first kappa shape index (κ1) is 23.7. The fourth-order valence-electron chi connectivity index (χ4n) is 3.59. The lowest BCUT2D eigenvalue weighted by Crippen LogP contribution is -2.32. The van der Waals surface area contributed by atoms with Gasteiger partial charge in [0.1, 0.15) is 18.1 Å². The molecular weight excluding hydrogens is 426 g/mol. The molecule has 0 bridgehead atoms. The fraction of sp³-hybridized carbons (Fsp3) is 0.240. The van der Waals surface area contributed by atoms with Crippen molar-refractivity contribution in [1.82, 2.24) is 4.90 Å². The molecule has 8 heteroatoms. The van der Waals surface area contributed by atoms with E-state index in [0.29, 0.717) is 29.0 Å². The van der Waals surface area contributed by atoms with E-state index in [4.69, 9.17) is 14.2 Å². The molecule has 1 atom stereocenters. The smallest absolute Gasteiger partial charge is 0.337 e. The zero-order valence-corrected chi connectivity index (χ0v) is 18.4. The number of amides is 1. The van der Waals surface area contributed by atoms with E-state index < -0.39 is 23.7 Å². The fourth-order valence-corrected chi connectivity index (χ4v) is 3.59. The normalized spacial score (nSPS) is 17.2. The van der Waals surface area contributed by atoms with Crippen molar-refractivity contribution in [2.24, 2.45) is 0 Å². The van der Waals surface area contributed by atoms with Crippen LogP contribution in [0.1, 0.15) is 27.5 Å². The van der Waals surface area contributed by atoms with Crippen LogP contribution in [0.3, 0.4) is 0 Å². The summed E-state index contributed by atoms with van der Waals surface area (Å²) in [5, 5.41) is 11.0. The number of likely N-dealkylation sites (tertiary alicyclic amines) is 1. The predicted octanol–water partition coefficient (Wildman–Crippen LogP) is 3.11. The van der Waals surface area contributed by atoms with Crippen LogP contribution in [0, 0.1) is 0 Å². The van der Waals surface area contributed by atoms with Crippen LogP contribution in [0.15, 0.2) is 66.8 Å². The minimum atomic E-state index is -0.844. The van der Waals surface area contributed by atoms with Crippen molar-refractivity contribution in [2.75, 3.05) is 34.0 Å². The third-order valence-corrected chi connectivity index (χ3v) is 5.22. The molecule has 0 unspecified atom stereocenters. The molecule has 0 saturated carbocycles. The molecule has 2 aromatic carbocycles. The van der Waals surface area contributed by atoms with Gasteiger partial charge in [-0.1, -0.05) is 24.8 Å². The van der Waals surface area contributed by atoms with Crippen LogP contribution >= 0.6 is 0 Å². The number of rotatable bonds is 9. The van der Waals surface area contributed by atoms with Crippen LogP contribution in [0.4, 0.5) is 0 Å². The van der Waals surface area contributed by atoms with E-state index >= 15 is 0 Å². The highest BCUT2D eigenvalue weighted by molar-refractivity contribution is 6.46. The molecule has 1 heterocycles. The zero-order valence-electron chi connectivity index (χ0n) is 18.4. The minimum absolute atomic E-state index is 0.0401. The molecule has 0 spiro atoms. The summed E-state index contributed by atoms with van der Waals surface area (Å²) in [6, 6.07) is 12.0. The van der Waals surface area contributed by atoms with E-state index in [-0.39, 0.29) is 24.5 Å². The maximum atomic E-state index is 12.9. The summed E-state index contributed by atoms with van der Waals surface area (Å²) in [6.45, 7) is 4.28. The minimum Gasteiger partial charge on any atom is -0.507 e. The predicted molar refractivity (Wildman–Crippen MR) is 121 cm³/mol. The van der Waals surface area contributed by atoms with Gasteiger partial charge < -0.3 is 24.2 Å². The summed E-state index contributed by atoms with van der Waals surface area (Å²) in [5.41, 5.74) is 1.21. The van der Waals surface area contributed by atoms with Crippen molar-refractivity contribution < 1.29 is 33.7 Å². The SMILES string of the molecule is C=CCOc1ccc(C(O)=C2C(=O)C(=O)N(CCOC)[C@H]2c2ccc(C(=O)OC)cc2)cc1. The number of carbonyl (C=O) groups excluding carboxylic acids is 3. The molecule has 8 nitrogen and oxygen atoms in total. The van der Waals surface area contributed by atoms with Crippen molar-refractivity contribution in [2.45, 2.75) is 6.04 Å². The number of carbonyl (C=O) groups is 3. The van der Waals surface area contributed by atoms with Gasteiger partial charge in [-0.3, -0.25) is 9.59 Å². The van der Waals surface area contributed by atoms with E-state index in [1.807, 2.05) is 0 Å². The Labute approximate surface area is 191 Å². The summed E-state index contributed by atoms with van der Waals surface area (Å²) in [4.78, 5) is 38.9. The van der Waals surface area contributed by atoms with Gasteiger partial charge in [0.15, 0.2) is 0 Å². The molecule has 1 aliphatic heterocycles. The summed E-state index contributed by atoms with van der Waals surface area (Å²) in [7, 11) is 2.77. The van der Waals surface area contributed by atoms with Crippen LogP contribution in [0.5, 0.6) is 5.75 Å². The summed E-state index contributed by atoms with van der Waals surface area (Å²) >= 11 is 0. The maximum absolute atomic E-state index is 12.9. The third kappa shape index (κ3) is 4.96. The Morgan fingerprint density at radius 3 is 2.27 bits per heavy atom. The van der Waals surface area contributed by atoms with Crippen LogP contribution in [0.2, 0.25) is 0 Å². The van der Waals surface area contributed by atoms with Crippen molar-refractivity contribution >= 4 is 23.4 Å². The van der Waals surface area contributed by atoms with Crippen LogP contribution in [-0.4, -0.2) is 61.6 Å². The van der Waals surface area contributed by atoms with E-state index in [0.717, 1.165) is 0 Å². The average Bonchev–Trinajstić information content (AvgIpc) is 3.10. The van der Waals surface area contributed by atoms with Gasteiger partial charge in [0.05, 0.1) is 30.9 Å². The topological polar surface area (TPSA) is 102 Å². The Balaban J connectivity index is 2.06. The molecule has 0 aliphatic carbocycles. The highest BCUT2D eigenvalue weighted by Gasteiger charge is 2.45.